The molecule has 2 heterocycles. The van der Waals surface area contributed by atoms with Crippen molar-refractivity contribution < 1.29 is 19.1 Å². The number of benzene rings is 7. The minimum absolute atomic E-state index is 0.187. The van der Waals surface area contributed by atoms with Gasteiger partial charge in [0.05, 0.1) is 0 Å². The molecule has 0 radical (unpaired) electrons. The topological polar surface area (TPSA) is 59.1 Å². The second-order valence-electron chi connectivity index (χ2n) is 14.4. The van der Waals surface area contributed by atoms with Crippen LogP contribution in [0.4, 0.5) is 9.59 Å². The van der Waals surface area contributed by atoms with Gasteiger partial charge in [0.2, 0.25) is 0 Å². The van der Waals surface area contributed by atoms with Crippen LogP contribution in [-0.2, 0) is 9.47 Å². The van der Waals surface area contributed by atoms with E-state index >= 15 is 0 Å². The van der Waals surface area contributed by atoms with Gasteiger partial charge in [-0.15, -0.1) is 0 Å². The molecule has 0 spiro atoms. The monoisotopic (exact) mass is 690 g/mol. The zero-order valence-corrected chi connectivity index (χ0v) is 30.1. The van der Waals surface area contributed by atoms with E-state index in [0.717, 1.165) is 73.8 Å². The van der Waals surface area contributed by atoms with E-state index in [2.05, 4.69) is 84.9 Å². The Morgan fingerprint density at radius 3 is 1.52 bits per heavy atom. The molecule has 2 amide bonds. The first-order valence-corrected chi connectivity index (χ1v) is 18.9. The summed E-state index contributed by atoms with van der Waals surface area (Å²) in [4.78, 5) is 28.8. The van der Waals surface area contributed by atoms with Crippen LogP contribution in [0.25, 0.3) is 53.9 Å². The van der Waals surface area contributed by atoms with Crippen molar-refractivity contribution in [3.05, 3.63) is 120 Å². The summed E-state index contributed by atoms with van der Waals surface area (Å²) in [5.74, 6) is 0. The van der Waals surface area contributed by atoms with Gasteiger partial charge < -0.3 is 19.3 Å². The fourth-order valence-electron chi connectivity index (χ4n) is 8.33. The molecule has 0 saturated carbocycles. The zero-order valence-electron chi connectivity index (χ0n) is 30.1. The zero-order chi connectivity index (χ0) is 35.6. The Morgan fingerprint density at radius 1 is 0.481 bits per heavy atom. The first kappa shape index (κ1) is 33.8. The lowest BCUT2D eigenvalue weighted by Gasteiger charge is -2.28. The van der Waals surface area contributed by atoms with E-state index in [0.29, 0.717) is 0 Å². The molecule has 0 aromatic heterocycles. The predicted octanol–water partition coefficient (Wildman–Crippen LogP) is 11.9. The third-order valence-electron chi connectivity index (χ3n) is 11.0. The Labute approximate surface area is 305 Å². The molecular formula is C46H46N2O4. The van der Waals surface area contributed by atoms with E-state index in [1.54, 1.807) is 0 Å². The van der Waals surface area contributed by atoms with Gasteiger partial charge in [0.1, 0.15) is 12.2 Å². The first-order valence-electron chi connectivity index (χ1n) is 18.9. The van der Waals surface area contributed by atoms with Gasteiger partial charge in [-0.05, 0) is 112 Å². The maximum absolute atomic E-state index is 12.6. The van der Waals surface area contributed by atoms with Crippen LogP contribution in [0.1, 0.15) is 75.7 Å². The van der Waals surface area contributed by atoms with Gasteiger partial charge in [0.25, 0.3) is 0 Å². The van der Waals surface area contributed by atoms with Crippen LogP contribution in [0.3, 0.4) is 0 Å². The number of rotatable bonds is 4. The lowest BCUT2D eigenvalue weighted by molar-refractivity contribution is 0.0642. The smallest absolute Gasteiger partial charge is 0.410 e. The molecule has 9 rings (SSSR count). The molecule has 7 aromatic carbocycles. The molecule has 0 bridgehead atoms. The number of carbonyl (C=O) groups excluding carboxylic acids is 2. The number of carbonyl (C=O) groups is 2. The van der Waals surface area contributed by atoms with Crippen LogP contribution < -0.4 is 0 Å². The number of likely N-dealkylation sites (tertiary alicyclic amines) is 2. The summed E-state index contributed by atoms with van der Waals surface area (Å²) in [7, 11) is 0. The Balaban J connectivity index is 0.000000149. The molecule has 6 heteroatoms. The molecule has 0 N–H and O–H groups in total. The summed E-state index contributed by atoms with van der Waals surface area (Å²) >= 11 is 0. The van der Waals surface area contributed by atoms with Crippen LogP contribution in [0, 0.1) is 0 Å². The molecule has 2 aliphatic heterocycles. The van der Waals surface area contributed by atoms with Crippen molar-refractivity contribution in [2.45, 2.75) is 64.6 Å². The number of piperidine rings is 2. The van der Waals surface area contributed by atoms with Crippen LogP contribution in [-0.4, -0.2) is 48.2 Å². The summed E-state index contributed by atoms with van der Waals surface area (Å²) in [5.41, 5.74) is 2.17. The Kier molecular flexibility index (Phi) is 9.55. The largest absolute Gasteiger partial charge is 0.441 e. The highest BCUT2D eigenvalue weighted by molar-refractivity contribution is 6.23. The fourth-order valence-corrected chi connectivity index (χ4v) is 8.33. The van der Waals surface area contributed by atoms with Gasteiger partial charge in [-0.1, -0.05) is 103 Å². The van der Waals surface area contributed by atoms with E-state index in [-0.39, 0.29) is 24.4 Å². The minimum Gasteiger partial charge on any atom is -0.441 e. The summed E-state index contributed by atoms with van der Waals surface area (Å²) in [5, 5.41) is 12.1. The van der Waals surface area contributed by atoms with Crippen LogP contribution >= 0.6 is 0 Å². The minimum atomic E-state index is -0.287. The molecule has 2 aliphatic rings. The molecule has 2 saturated heterocycles. The van der Waals surface area contributed by atoms with E-state index in [1.807, 2.05) is 47.9 Å². The van der Waals surface area contributed by atoms with Crippen molar-refractivity contribution in [3.8, 4) is 0 Å². The van der Waals surface area contributed by atoms with Gasteiger partial charge >= 0.3 is 12.2 Å². The molecule has 7 aromatic rings. The van der Waals surface area contributed by atoms with E-state index in [4.69, 9.17) is 9.47 Å². The van der Waals surface area contributed by atoms with Crippen molar-refractivity contribution in [1.29, 1.82) is 0 Å². The van der Waals surface area contributed by atoms with Gasteiger partial charge in [-0.25, -0.2) is 9.59 Å². The summed E-state index contributed by atoms with van der Waals surface area (Å²) < 4.78 is 11.7. The van der Waals surface area contributed by atoms with Crippen molar-refractivity contribution in [3.63, 3.8) is 0 Å². The summed E-state index contributed by atoms with van der Waals surface area (Å²) in [6.07, 6.45) is 5.75. The molecule has 2 atom stereocenters. The first-order chi connectivity index (χ1) is 25.5. The number of amides is 2. The van der Waals surface area contributed by atoms with Gasteiger partial charge in [-0.2, -0.15) is 0 Å². The normalized spacial score (nSPS) is 16.2. The maximum atomic E-state index is 12.6. The number of nitrogens with zero attached hydrogens (tertiary/aromatic N) is 2. The summed E-state index contributed by atoms with van der Waals surface area (Å²) in [6.45, 7) is 7.20. The molecule has 0 aliphatic carbocycles. The SMILES string of the molecule is CC(OC(=O)N1CCCCC1)c1c2ccccc2cc2ccccc12.CC(OC(=O)N1CCCCC1)c1ccc2ccc3cccc4ccc1c2c34. The van der Waals surface area contributed by atoms with Crippen molar-refractivity contribution in [1.82, 2.24) is 9.80 Å². The van der Waals surface area contributed by atoms with Crippen LogP contribution in [0.2, 0.25) is 0 Å². The highest BCUT2D eigenvalue weighted by atomic mass is 16.6. The van der Waals surface area contributed by atoms with Gasteiger partial charge in [-0.3, -0.25) is 0 Å². The average Bonchev–Trinajstić information content (AvgIpc) is 3.19. The molecule has 52 heavy (non-hydrogen) atoms. The van der Waals surface area contributed by atoms with Crippen LogP contribution in [0.15, 0.2) is 109 Å². The van der Waals surface area contributed by atoms with Gasteiger partial charge in [0.15, 0.2) is 0 Å². The quantitative estimate of drug-likeness (QED) is 0.136. The number of fused-ring (bicyclic) bond motifs is 2. The van der Waals surface area contributed by atoms with Crippen LogP contribution in [0.5, 0.6) is 0 Å². The number of hydrogen-bond donors (Lipinski definition) is 0. The molecule has 6 nitrogen and oxygen atoms in total. The second-order valence-corrected chi connectivity index (χ2v) is 14.4. The van der Waals surface area contributed by atoms with Gasteiger partial charge in [0, 0.05) is 37.3 Å². The molecule has 2 unspecified atom stereocenters. The third-order valence-corrected chi connectivity index (χ3v) is 11.0. The predicted molar refractivity (Wildman–Crippen MR) is 212 cm³/mol. The Bertz CT molecular complexity index is 2300. The van der Waals surface area contributed by atoms with E-state index in [1.165, 1.54) is 55.9 Å². The third kappa shape index (κ3) is 6.58. The van der Waals surface area contributed by atoms with E-state index in [9.17, 15) is 9.59 Å². The van der Waals surface area contributed by atoms with E-state index < -0.39 is 0 Å². The Morgan fingerprint density at radius 2 is 0.942 bits per heavy atom. The average molecular weight is 691 g/mol. The second kappa shape index (κ2) is 14.7. The molecular weight excluding hydrogens is 645 g/mol. The fraction of sp³-hybridized carbons (Fsp3) is 0.304. The van der Waals surface area contributed by atoms with Crippen molar-refractivity contribution in [2.24, 2.45) is 0 Å². The lowest BCUT2D eigenvalue weighted by atomic mass is 9.91. The maximum Gasteiger partial charge on any atom is 0.410 e. The Hall–Kier alpha value is -5.36. The number of ether oxygens (including phenoxy) is 2. The van der Waals surface area contributed by atoms with Crippen molar-refractivity contribution >= 4 is 66.0 Å². The highest BCUT2D eigenvalue weighted by Crippen LogP contribution is 2.39. The standard InChI is InChI=1S/C24H23NO2.C22H23NO2/c1-16(27-24(26)25-14-3-2-4-15-25)20-12-10-19-9-8-17-6-5-7-18-11-13-21(20)23(19)22(17)18;1-16(25-22(24)23-13-7-2-8-14-23)21-19-11-5-3-9-17(19)15-18-10-4-6-12-20(18)21/h5-13,16H,2-4,14-15H2,1H3;3-6,9-12,15-16H,2,7-8,13-14H2,1H3. The number of hydrogen-bond acceptors (Lipinski definition) is 4. The van der Waals surface area contributed by atoms with Crippen molar-refractivity contribution in [2.75, 3.05) is 26.2 Å². The molecule has 2 fully saturated rings. The highest BCUT2D eigenvalue weighted by Gasteiger charge is 2.24. The molecule has 264 valence electrons. The summed E-state index contributed by atoms with van der Waals surface area (Å²) in [6, 6.07) is 38.2. The lowest BCUT2D eigenvalue weighted by Crippen LogP contribution is -2.36.